The van der Waals surface area contributed by atoms with Crippen molar-refractivity contribution in [1.29, 1.82) is 5.41 Å². The van der Waals surface area contributed by atoms with E-state index in [0.717, 1.165) is 39.9 Å². The summed E-state index contributed by atoms with van der Waals surface area (Å²) in [5.41, 5.74) is 17.5. The fourth-order valence-corrected chi connectivity index (χ4v) is 4.66. The number of carbonyl (C=O) groups is 1. The molecule has 4 rings (SSSR count). The number of aliphatic hydroxyl groups excluding tert-OH is 1. The molecule has 0 saturated heterocycles. The van der Waals surface area contributed by atoms with Crippen LogP contribution in [-0.4, -0.2) is 35.5 Å². The molecule has 7 nitrogen and oxygen atoms in total. The van der Waals surface area contributed by atoms with Gasteiger partial charge in [0.25, 0.3) is 0 Å². The number of hydrogen-bond donors (Lipinski definition) is 4. The predicted octanol–water partition coefficient (Wildman–Crippen LogP) is 3.71. The van der Waals surface area contributed by atoms with Gasteiger partial charge in [-0.05, 0) is 47.2 Å². The van der Waals surface area contributed by atoms with E-state index < -0.39 is 12.1 Å². The van der Waals surface area contributed by atoms with Crippen LogP contribution in [0.1, 0.15) is 34.9 Å². The molecule has 3 aromatic carbocycles. The predicted molar refractivity (Wildman–Crippen MR) is 141 cm³/mol. The fraction of sp³-hybridized carbons (Fsp3) is 0.241. The number of nitrogens with two attached hydrogens (primary N) is 2. The normalized spacial score (nSPS) is 14.8. The summed E-state index contributed by atoms with van der Waals surface area (Å²) < 4.78 is 5.13. The molecular formula is C29H32N4O3. The van der Waals surface area contributed by atoms with Crippen LogP contribution in [0.15, 0.2) is 84.6 Å². The maximum Gasteiger partial charge on any atom is 0.314 e. The van der Waals surface area contributed by atoms with Crippen LogP contribution >= 0.6 is 0 Å². The molecule has 1 heterocycles. The lowest BCUT2D eigenvalue weighted by Crippen LogP contribution is -2.33. The zero-order valence-electron chi connectivity index (χ0n) is 20.4. The van der Waals surface area contributed by atoms with Gasteiger partial charge in [-0.2, -0.15) is 0 Å². The Balaban J connectivity index is 1.56. The average Bonchev–Trinajstić information content (AvgIpc) is 3.40. The zero-order chi connectivity index (χ0) is 25.7. The topological polar surface area (TPSA) is 126 Å². The van der Waals surface area contributed by atoms with Gasteiger partial charge in [-0.15, -0.1) is 0 Å². The third-order valence-electron chi connectivity index (χ3n) is 6.58. The summed E-state index contributed by atoms with van der Waals surface area (Å²) in [6.45, 7) is 1.08. The van der Waals surface area contributed by atoms with E-state index in [1.807, 2.05) is 71.6 Å². The van der Waals surface area contributed by atoms with Crippen molar-refractivity contribution < 1.29 is 14.6 Å². The number of rotatable bonds is 9. The third-order valence-corrected chi connectivity index (χ3v) is 6.58. The number of nitrogens with zero attached hydrogens (tertiary/aromatic N) is 1. The van der Waals surface area contributed by atoms with Gasteiger partial charge in [0.2, 0.25) is 0 Å². The van der Waals surface area contributed by atoms with Crippen molar-refractivity contribution in [1.82, 2.24) is 4.90 Å². The maximum atomic E-state index is 12.8. The SMILES string of the molecule is COC(=O)C(Cc1cccc(C(=N)N)c1)C1=CCCN1C(O)c1ccc(-c2cccc(CN)c2)cc1. The highest BCUT2D eigenvalue weighted by molar-refractivity contribution is 5.95. The highest BCUT2D eigenvalue weighted by Gasteiger charge is 2.33. The second kappa shape index (κ2) is 11.2. The number of benzene rings is 3. The smallest absolute Gasteiger partial charge is 0.314 e. The first-order valence-electron chi connectivity index (χ1n) is 12.0. The summed E-state index contributed by atoms with van der Waals surface area (Å²) in [5.74, 6) is -0.988. The first-order valence-corrected chi connectivity index (χ1v) is 12.0. The van der Waals surface area contributed by atoms with Crippen molar-refractivity contribution >= 4 is 11.8 Å². The Morgan fingerprint density at radius 2 is 1.78 bits per heavy atom. The van der Waals surface area contributed by atoms with E-state index in [9.17, 15) is 9.90 Å². The molecule has 0 aromatic heterocycles. The van der Waals surface area contributed by atoms with Gasteiger partial charge in [-0.25, -0.2) is 0 Å². The Kier molecular flexibility index (Phi) is 7.83. The molecule has 1 aliphatic heterocycles. The lowest BCUT2D eigenvalue weighted by molar-refractivity contribution is -0.145. The van der Waals surface area contributed by atoms with Gasteiger partial charge in [0, 0.05) is 29.9 Å². The van der Waals surface area contributed by atoms with E-state index in [-0.39, 0.29) is 11.8 Å². The van der Waals surface area contributed by atoms with Crippen molar-refractivity contribution in [3.63, 3.8) is 0 Å². The Labute approximate surface area is 211 Å². The van der Waals surface area contributed by atoms with E-state index in [2.05, 4.69) is 6.07 Å². The quantitative estimate of drug-likeness (QED) is 0.208. The Morgan fingerprint density at radius 3 is 2.47 bits per heavy atom. The molecule has 7 heteroatoms. The van der Waals surface area contributed by atoms with Crippen LogP contribution in [-0.2, 0) is 22.5 Å². The summed E-state index contributed by atoms with van der Waals surface area (Å²) in [4.78, 5) is 14.7. The van der Waals surface area contributed by atoms with Crippen molar-refractivity contribution in [3.8, 4) is 11.1 Å². The molecule has 186 valence electrons. The molecule has 6 N–H and O–H groups in total. The molecular weight excluding hydrogens is 452 g/mol. The summed E-state index contributed by atoms with van der Waals surface area (Å²) in [5, 5.41) is 19.0. The number of nitrogen functional groups attached to an aromatic ring is 1. The molecule has 1 aliphatic rings. The molecule has 2 unspecified atom stereocenters. The van der Waals surface area contributed by atoms with E-state index in [1.165, 1.54) is 7.11 Å². The largest absolute Gasteiger partial charge is 0.468 e. The monoisotopic (exact) mass is 484 g/mol. The van der Waals surface area contributed by atoms with Gasteiger partial charge in [-0.3, -0.25) is 10.2 Å². The number of esters is 1. The van der Waals surface area contributed by atoms with Gasteiger partial charge < -0.3 is 26.2 Å². The minimum Gasteiger partial charge on any atom is -0.468 e. The zero-order valence-corrected chi connectivity index (χ0v) is 20.4. The second-order valence-electron chi connectivity index (χ2n) is 8.91. The first-order chi connectivity index (χ1) is 17.4. The second-order valence-corrected chi connectivity index (χ2v) is 8.91. The number of nitrogens with one attached hydrogen (secondary N) is 1. The van der Waals surface area contributed by atoms with Gasteiger partial charge in [0.15, 0.2) is 6.23 Å². The number of amidine groups is 1. The molecule has 36 heavy (non-hydrogen) atoms. The minimum atomic E-state index is -0.904. The van der Waals surface area contributed by atoms with Crippen molar-refractivity contribution in [3.05, 3.63) is 107 Å². The standard InChI is InChI=1S/C29H32N4O3/c1-36-29(35)25(17-19-5-2-8-24(15-19)27(31)32)26-9-4-14-33(26)28(34)22-12-10-21(11-13-22)23-7-3-6-20(16-23)18-30/h2-3,5-13,15-16,25,28,34H,4,14,17-18,30H2,1H3,(H3,31,32). The molecule has 0 aliphatic carbocycles. The van der Waals surface area contributed by atoms with Crippen LogP contribution in [0.25, 0.3) is 11.1 Å². The van der Waals surface area contributed by atoms with Crippen LogP contribution in [0.3, 0.4) is 0 Å². The third kappa shape index (κ3) is 5.48. The first kappa shape index (κ1) is 25.2. The average molecular weight is 485 g/mol. The molecule has 0 spiro atoms. The van der Waals surface area contributed by atoms with Crippen LogP contribution < -0.4 is 11.5 Å². The number of hydrogen-bond acceptors (Lipinski definition) is 6. The lowest BCUT2D eigenvalue weighted by Gasteiger charge is -2.32. The van der Waals surface area contributed by atoms with Crippen LogP contribution in [0.2, 0.25) is 0 Å². The molecule has 2 atom stereocenters. The van der Waals surface area contributed by atoms with Gasteiger partial charge in [0.1, 0.15) is 11.8 Å². The van der Waals surface area contributed by atoms with Crippen LogP contribution in [0.4, 0.5) is 0 Å². The summed E-state index contributed by atoms with van der Waals surface area (Å²) >= 11 is 0. The summed E-state index contributed by atoms with van der Waals surface area (Å²) in [6.07, 6.45) is 2.18. The van der Waals surface area contributed by atoms with Gasteiger partial charge in [-0.1, -0.05) is 66.7 Å². The fourth-order valence-electron chi connectivity index (χ4n) is 4.66. The van der Waals surface area contributed by atoms with Crippen LogP contribution in [0, 0.1) is 11.3 Å². The number of carbonyl (C=O) groups excluding carboxylic acids is 1. The van der Waals surface area contributed by atoms with Crippen LogP contribution in [0.5, 0.6) is 0 Å². The summed E-state index contributed by atoms with van der Waals surface area (Å²) in [7, 11) is 1.37. The molecule has 0 bridgehead atoms. The molecule has 0 radical (unpaired) electrons. The molecule has 0 amide bonds. The van der Waals surface area contributed by atoms with Gasteiger partial charge in [0.05, 0.1) is 7.11 Å². The summed E-state index contributed by atoms with van der Waals surface area (Å²) in [6, 6.07) is 23.2. The number of ether oxygens (including phenoxy) is 1. The van der Waals surface area contributed by atoms with Crippen molar-refractivity contribution in [2.24, 2.45) is 17.4 Å². The highest BCUT2D eigenvalue weighted by Crippen LogP contribution is 2.34. The highest BCUT2D eigenvalue weighted by atomic mass is 16.5. The lowest BCUT2D eigenvalue weighted by atomic mass is 9.94. The maximum absolute atomic E-state index is 12.8. The van der Waals surface area contributed by atoms with E-state index >= 15 is 0 Å². The Bertz CT molecular complexity index is 1270. The van der Waals surface area contributed by atoms with E-state index in [1.54, 1.807) is 6.07 Å². The van der Waals surface area contributed by atoms with E-state index in [4.69, 9.17) is 21.6 Å². The number of methoxy groups -OCH3 is 1. The van der Waals surface area contributed by atoms with E-state index in [0.29, 0.717) is 25.1 Å². The number of aliphatic hydroxyl groups is 1. The minimum absolute atomic E-state index is 0.0261. The Hall–Kier alpha value is -3.94. The molecule has 0 saturated carbocycles. The molecule has 0 fully saturated rings. The van der Waals surface area contributed by atoms with Gasteiger partial charge >= 0.3 is 5.97 Å². The Morgan fingerprint density at radius 1 is 1.06 bits per heavy atom. The van der Waals surface area contributed by atoms with Crippen molar-refractivity contribution in [2.45, 2.75) is 25.6 Å². The molecule has 3 aromatic rings. The van der Waals surface area contributed by atoms with Crippen molar-refractivity contribution in [2.75, 3.05) is 13.7 Å².